The predicted octanol–water partition coefficient (Wildman–Crippen LogP) is 5.59. The van der Waals surface area contributed by atoms with Crippen LogP contribution in [0.1, 0.15) is 11.1 Å². The van der Waals surface area contributed by atoms with Gasteiger partial charge in [0.2, 0.25) is 0 Å². The van der Waals surface area contributed by atoms with Crippen molar-refractivity contribution in [3.63, 3.8) is 0 Å². The third kappa shape index (κ3) is 3.79. The van der Waals surface area contributed by atoms with Crippen molar-refractivity contribution < 1.29 is 4.92 Å². The highest BCUT2D eigenvalue weighted by molar-refractivity contribution is 5.99. The molecule has 1 N–H and O–H groups in total. The molecule has 0 unspecified atom stereocenters. The van der Waals surface area contributed by atoms with Crippen molar-refractivity contribution in [2.24, 2.45) is 5.10 Å². The highest BCUT2D eigenvalue weighted by Crippen LogP contribution is 2.24. The average molecular weight is 421 g/mol. The summed E-state index contributed by atoms with van der Waals surface area (Å²) in [5, 5.41) is 18.6. The van der Waals surface area contributed by atoms with Gasteiger partial charge >= 0.3 is 0 Å². The van der Waals surface area contributed by atoms with E-state index in [0.29, 0.717) is 5.82 Å². The standard InChI is InChI=1S/C25H19N5O2/c31-30(32)21-12-13-25(26-15-21)28-27-14-20-17-29(24-11-4-3-10-23(20)24)16-19-8-5-7-18-6-1-2-9-22(18)19/h1-15,17H,16H2,(H,26,28). The van der Waals surface area contributed by atoms with E-state index in [1.807, 2.05) is 12.1 Å². The zero-order chi connectivity index (χ0) is 21.9. The summed E-state index contributed by atoms with van der Waals surface area (Å²) < 4.78 is 2.22. The average Bonchev–Trinajstić information content (AvgIpc) is 3.17. The van der Waals surface area contributed by atoms with Gasteiger partial charge in [-0.15, -0.1) is 0 Å². The van der Waals surface area contributed by atoms with Crippen molar-refractivity contribution in [3.05, 3.63) is 112 Å². The maximum atomic E-state index is 10.8. The monoisotopic (exact) mass is 421 g/mol. The summed E-state index contributed by atoms with van der Waals surface area (Å²) in [6, 6.07) is 25.9. The highest BCUT2D eigenvalue weighted by Gasteiger charge is 2.09. The second-order valence-corrected chi connectivity index (χ2v) is 7.40. The fourth-order valence-electron chi connectivity index (χ4n) is 3.85. The number of fused-ring (bicyclic) bond motifs is 2. The summed E-state index contributed by atoms with van der Waals surface area (Å²) in [7, 11) is 0. The smallest absolute Gasteiger partial charge is 0.287 e. The van der Waals surface area contributed by atoms with Gasteiger partial charge in [-0.05, 0) is 28.5 Å². The van der Waals surface area contributed by atoms with E-state index >= 15 is 0 Å². The Kier molecular flexibility index (Phi) is 5.05. The van der Waals surface area contributed by atoms with Crippen LogP contribution in [0.3, 0.4) is 0 Å². The Morgan fingerprint density at radius 3 is 2.56 bits per heavy atom. The minimum absolute atomic E-state index is 0.0592. The molecule has 0 amide bonds. The van der Waals surface area contributed by atoms with E-state index in [1.165, 1.54) is 34.7 Å². The zero-order valence-corrected chi connectivity index (χ0v) is 17.1. The number of nitrogens with one attached hydrogen (secondary N) is 1. The third-order valence-corrected chi connectivity index (χ3v) is 5.38. The van der Waals surface area contributed by atoms with Crippen LogP contribution >= 0.6 is 0 Å². The van der Waals surface area contributed by atoms with Crippen LogP contribution in [0.5, 0.6) is 0 Å². The number of anilines is 1. The van der Waals surface area contributed by atoms with E-state index in [0.717, 1.165) is 23.0 Å². The van der Waals surface area contributed by atoms with Gasteiger partial charge in [0.25, 0.3) is 5.69 Å². The van der Waals surface area contributed by atoms with Gasteiger partial charge in [0.1, 0.15) is 12.0 Å². The van der Waals surface area contributed by atoms with Gasteiger partial charge in [-0.1, -0.05) is 60.7 Å². The van der Waals surface area contributed by atoms with Crippen LogP contribution in [0.2, 0.25) is 0 Å². The number of pyridine rings is 1. The molecule has 0 spiro atoms. The molecule has 0 aliphatic heterocycles. The van der Waals surface area contributed by atoms with E-state index < -0.39 is 4.92 Å². The number of hydrogen-bond acceptors (Lipinski definition) is 5. The molecular weight excluding hydrogens is 402 g/mol. The maximum absolute atomic E-state index is 10.8. The van der Waals surface area contributed by atoms with E-state index in [2.05, 4.69) is 80.9 Å². The van der Waals surface area contributed by atoms with Crippen molar-refractivity contribution >= 4 is 39.4 Å². The Balaban J connectivity index is 1.43. The lowest BCUT2D eigenvalue weighted by atomic mass is 10.0. The molecule has 5 rings (SSSR count). The summed E-state index contributed by atoms with van der Waals surface area (Å²) in [5.41, 5.74) is 6.11. The normalized spacial score (nSPS) is 11.4. The predicted molar refractivity (Wildman–Crippen MR) is 127 cm³/mol. The number of hydrogen-bond donors (Lipinski definition) is 1. The summed E-state index contributed by atoms with van der Waals surface area (Å²) in [4.78, 5) is 14.3. The van der Waals surface area contributed by atoms with Crippen LogP contribution in [0.25, 0.3) is 21.7 Å². The molecule has 0 radical (unpaired) electrons. The van der Waals surface area contributed by atoms with Gasteiger partial charge in [0, 0.05) is 35.3 Å². The van der Waals surface area contributed by atoms with Gasteiger partial charge in [-0.2, -0.15) is 5.10 Å². The molecule has 7 heteroatoms. The minimum Gasteiger partial charge on any atom is -0.342 e. The molecule has 7 nitrogen and oxygen atoms in total. The topological polar surface area (TPSA) is 85.4 Å². The number of rotatable bonds is 6. The highest BCUT2D eigenvalue weighted by atomic mass is 16.6. The molecule has 0 aliphatic carbocycles. The summed E-state index contributed by atoms with van der Waals surface area (Å²) >= 11 is 0. The van der Waals surface area contributed by atoms with Crippen LogP contribution in [0, 0.1) is 10.1 Å². The van der Waals surface area contributed by atoms with Gasteiger partial charge < -0.3 is 4.57 Å². The SMILES string of the molecule is O=[N+]([O-])c1ccc(NN=Cc2cn(Cc3cccc4ccccc34)c3ccccc23)nc1. The van der Waals surface area contributed by atoms with Gasteiger partial charge in [0.05, 0.1) is 11.1 Å². The van der Waals surface area contributed by atoms with E-state index in [-0.39, 0.29) is 5.69 Å². The summed E-state index contributed by atoms with van der Waals surface area (Å²) in [6.45, 7) is 0.743. The molecule has 0 atom stereocenters. The Morgan fingerprint density at radius 2 is 1.75 bits per heavy atom. The number of aromatic nitrogens is 2. The largest absolute Gasteiger partial charge is 0.342 e. The summed E-state index contributed by atoms with van der Waals surface area (Å²) in [6.07, 6.45) is 5.03. The first kappa shape index (κ1) is 19.4. The Bertz CT molecular complexity index is 1450. The zero-order valence-electron chi connectivity index (χ0n) is 17.1. The molecule has 3 aromatic carbocycles. The first-order chi connectivity index (χ1) is 15.7. The second-order valence-electron chi connectivity index (χ2n) is 7.40. The molecule has 2 heterocycles. The van der Waals surface area contributed by atoms with Gasteiger partial charge in [0.15, 0.2) is 0 Å². The maximum Gasteiger partial charge on any atom is 0.287 e. The molecule has 0 aliphatic rings. The van der Waals surface area contributed by atoms with E-state index in [1.54, 1.807) is 6.21 Å². The molecule has 0 saturated heterocycles. The van der Waals surface area contributed by atoms with E-state index in [4.69, 9.17) is 0 Å². The summed E-state index contributed by atoms with van der Waals surface area (Å²) in [5.74, 6) is 0.436. The molecule has 0 bridgehead atoms. The number of hydrazone groups is 1. The van der Waals surface area contributed by atoms with Crippen LogP contribution in [-0.4, -0.2) is 20.7 Å². The second kappa shape index (κ2) is 8.31. The Hall–Kier alpha value is -4.52. The van der Waals surface area contributed by atoms with Crippen LogP contribution in [-0.2, 0) is 6.54 Å². The first-order valence-electron chi connectivity index (χ1n) is 10.1. The molecule has 2 aromatic heterocycles. The van der Waals surface area contributed by atoms with Crippen LogP contribution in [0.15, 0.2) is 96.4 Å². The van der Waals surface area contributed by atoms with Crippen molar-refractivity contribution in [2.45, 2.75) is 6.54 Å². The minimum atomic E-state index is -0.481. The number of benzene rings is 3. The molecule has 0 fully saturated rings. The third-order valence-electron chi connectivity index (χ3n) is 5.38. The van der Waals surface area contributed by atoms with Gasteiger partial charge in [-0.3, -0.25) is 15.5 Å². The number of nitrogens with zero attached hydrogens (tertiary/aromatic N) is 4. The van der Waals surface area contributed by atoms with Crippen LogP contribution in [0.4, 0.5) is 11.5 Å². The van der Waals surface area contributed by atoms with Gasteiger partial charge in [-0.25, -0.2) is 4.98 Å². The van der Waals surface area contributed by atoms with Crippen molar-refractivity contribution in [1.29, 1.82) is 0 Å². The molecule has 5 aromatic rings. The number of para-hydroxylation sites is 1. The lowest BCUT2D eigenvalue weighted by molar-refractivity contribution is -0.385. The van der Waals surface area contributed by atoms with E-state index in [9.17, 15) is 10.1 Å². The lowest BCUT2D eigenvalue weighted by Crippen LogP contribution is -1.98. The quantitative estimate of drug-likeness (QED) is 0.220. The molecule has 156 valence electrons. The Morgan fingerprint density at radius 1 is 0.969 bits per heavy atom. The van der Waals surface area contributed by atoms with Crippen molar-refractivity contribution in [1.82, 2.24) is 9.55 Å². The fourth-order valence-corrected chi connectivity index (χ4v) is 3.85. The Labute approximate surface area is 183 Å². The first-order valence-corrected chi connectivity index (χ1v) is 10.1. The fraction of sp³-hybridized carbons (Fsp3) is 0.0400. The lowest BCUT2D eigenvalue weighted by Gasteiger charge is -2.09. The molecule has 0 saturated carbocycles. The van der Waals surface area contributed by atoms with Crippen LogP contribution < -0.4 is 5.43 Å². The van der Waals surface area contributed by atoms with Crippen molar-refractivity contribution in [2.75, 3.05) is 5.43 Å². The number of nitro groups is 1. The molecular formula is C25H19N5O2. The molecule has 32 heavy (non-hydrogen) atoms. The van der Waals surface area contributed by atoms with Crippen molar-refractivity contribution in [3.8, 4) is 0 Å².